The summed E-state index contributed by atoms with van der Waals surface area (Å²) in [5, 5.41) is 0.452. The number of aryl methyl sites for hydroxylation is 1. The van der Waals surface area contributed by atoms with E-state index >= 15 is 0 Å². The molecule has 1 aromatic rings. The van der Waals surface area contributed by atoms with Crippen molar-refractivity contribution in [2.24, 2.45) is 0 Å². The second-order valence-corrected chi connectivity index (χ2v) is 6.40. The molecule has 3 heteroatoms. The van der Waals surface area contributed by atoms with Crippen molar-refractivity contribution in [3.05, 3.63) is 35.4 Å². The quantitative estimate of drug-likeness (QED) is 0.809. The van der Waals surface area contributed by atoms with Crippen LogP contribution in [0.25, 0.3) is 0 Å². The van der Waals surface area contributed by atoms with Crippen molar-refractivity contribution in [1.29, 1.82) is 0 Å². The van der Waals surface area contributed by atoms with Gasteiger partial charge in [-0.25, -0.2) is 4.39 Å². The fraction of sp³-hybridized carbons (Fsp3) is 0.571. The van der Waals surface area contributed by atoms with Gasteiger partial charge >= 0.3 is 0 Å². The highest BCUT2D eigenvalue weighted by Crippen LogP contribution is 2.35. The van der Waals surface area contributed by atoms with Crippen LogP contribution >= 0.6 is 11.8 Å². The first kappa shape index (κ1) is 12.9. The molecular weight excluding hydrogens is 235 g/mol. The van der Waals surface area contributed by atoms with E-state index in [1.54, 1.807) is 11.8 Å². The summed E-state index contributed by atoms with van der Waals surface area (Å²) >= 11 is 1.71. The van der Waals surface area contributed by atoms with Gasteiger partial charge in [0.05, 0.1) is 13.2 Å². The largest absolute Gasteiger partial charge is 0.376 e. The second-order valence-electron chi connectivity index (χ2n) is 4.72. The standard InChI is InChI=1S/C14H19FOS/c1-10-3-5-12(6-4-10)8-16-9-13-7-14(15)11(2)17-13/h3-6,11,13-14H,7-9H2,1-2H3/t11?,13?,14-/m0/s1. The lowest BCUT2D eigenvalue weighted by Gasteiger charge is -2.09. The molecule has 0 spiro atoms. The van der Waals surface area contributed by atoms with Crippen LogP contribution in [0.4, 0.5) is 4.39 Å². The summed E-state index contributed by atoms with van der Waals surface area (Å²) in [5.41, 5.74) is 2.44. The minimum Gasteiger partial charge on any atom is -0.376 e. The summed E-state index contributed by atoms with van der Waals surface area (Å²) in [6.45, 7) is 5.31. The van der Waals surface area contributed by atoms with Gasteiger partial charge in [-0.2, -0.15) is 0 Å². The van der Waals surface area contributed by atoms with Gasteiger partial charge in [0, 0.05) is 10.5 Å². The fourth-order valence-electron chi connectivity index (χ4n) is 1.99. The second kappa shape index (κ2) is 5.87. The molecule has 1 aliphatic heterocycles. The highest BCUT2D eigenvalue weighted by molar-refractivity contribution is 8.00. The minimum absolute atomic E-state index is 0.128. The Labute approximate surface area is 107 Å². The normalized spacial score (nSPS) is 28.5. The molecule has 0 bridgehead atoms. The molecule has 0 N–H and O–H groups in total. The van der Waals surface area contributed by atoms with Crippen LogP contribution in [0.2, 0.25) is 0 Å². The monoisotopic (exact) mass is 254 g/mol. The van der Waals surface area contributed by atoms with Crippen LogP contribution in [0, 0.1) is 6.92 Å². The maximum atomic E-state index is 13.3. The van der Waals surface area contributed by atoms with Gasteiger partial charge in [-0.15, -0.1) is 11.8 Å². The van der Waals surface area contributed by atoms with Crippen LogP contribution < -0.4 is 0 Å². The van der Waals surface area contributed by atoms with E-state index in [0.717, 1.165) is 0 Å². The molecule has 0 radical (unpaired) electrons. The molecule has 1 fully saturated rings. The SMILES string of the molecule is Cc1ccc(COCC2C[C@H](F)C(C)S2)cc1. The number of ether oxygens (including phenoxy) is 1. The number of halogens is 1. The predicted octanol–water partition coefficient (Wildman–Crippen LogP) is 3.74. The Morgan fingerprint density at radius 2 is 2.06 bits per heavy atom. The lowest BCUT2D eigenvalue weighted by Crippen LogP contribution is -2.10. The van der Waals surface area contributed by atoms with Gasteiger partial charge in [-0.1, -0.05) is 36.8 Å². The fourth-order valence-corrected chi connectivity index (χ4v) is 3.35. The molecule has 0 saturated carbocycles. The maximum Gasteiger partial charge on any atom is 0.113 e. The first-order valence-corrected chi connectivity index (χ1v) is 7.02. The third-order valence-corrected chi connectivity index (χ3v) is 4.54. The smallest absolute Gasteiger partial charge is 0.113 e. The molecule has 1 saturated heterocycles. The van der Waals surface area contributed by atoms with Crippen molar-refractivity contribution in [1.82, 2.24) is 0 Å². The van der Waals surface area contributed by atoms with E-state index in [1.165, 1.54) is 11.1 Å². The Bertz CT molecular complexity index is 342. The van der Waals surface area contributed by atoms with Crippen LogP contribution in [-0.2, 0) is 11.3 Å². The number of hydrogen-bond acceptors (Lipinski definition) is 2. The molecular formula is C14H19FOS. The average molecular weight is 254 g/mol. The van der Waals surface area contributed by atoms with E-state index in [9.17, 15) is 4.39 Å². The van der Waals surface area contributed by atoms with Crippen LogP contribution in [0.5, 0.6) is 0 Å². The summed E-state index contributed by atoms with van der Waals surface area (Å²) in [6, 6.07) is 8.33. The number of thioether (sulfide) groups is 1. The van der Waals surface area contributed by atoms with Crippen molar-refractivity contribution in [2.75, 3.05) is 6.61 Å². The highest BCUT2D eigenvalue weighted by Gasteiger charge is 2.31. The number of rotatable bonds is 4. The molecule has 1 aliphatic rings. The summed E-state index contributed by atoms with van der Waals surface area (Å²) in [5.74, 6) is 0. The predicted molar refractivity (Wildman–Crippen MR) is 71.2 cm³/mol. The zero-order valence-electron chi connectivity index (χ0n) is 10.4. The van der Waals surface area contributed by atoms with Crippen molar-refractivity contribution < 1.29 is 9.13 Å². The topological polar surface area (TPSA) is 9.23 Å². The van der Waals surface area contributed by atoms with Gasteiger partial charge in [0.2, 0.25) is 0 Å². The Balaban J connectivity index is 1.71. The van der Waals surface area contributed by atoms with Crippen LogP contribution in [0.1, 0.15) is 24.5 Å². The Morgan fingerprint density at radius 3 is 2.65 bits per heavy atom. The van der Waals surface area contributed by atoms with Gasteiger partial charge in [0.25, 0.3) is 0 Å². The molecule has 0 aromatic heterocycles. The molecule has 0 aliphatic carbocycles. The van der Waals surface area contributed by atoms with Gasteiger partial charge < -0.3 is 4.74 Å². The summed E-state index contributed by atoms with van der Waals surface area (Å²) in [7, 11) is 0. The van der Waals surface area contributed by atoms with Crippen molar-refractivity contribution in [3.63, 3.8) is 0 Å². The number of benzene rings is 1. The highest BCUT2D eigenvalue weighted by atomic mass is 32.2. The summed E-state index contributed by atoms with van der Waals surface area (Å²) in [4.78, 5) is 0. The van der Waals surface area contributed by atoms with Crippen molar-refractivity contribution in [2.45, 2.75) is 43.5 Å². The molecule has 1 aromatic carbocycles. The van der Waals surface area contributed by atoms with E-state index in [-0.39, 0.29) is 5.25 Å². The summed E-state index contributed by atoms with van der Waals surface area (Å²) < 4.78 is 18.9. The molecule has 2 rings (SSSR count). The molecule has 1 heterocycles. The first-order valence-electron chi connectivity index (χ1n) is 6.08. The Morgan fingerprint density at radius 1 is 1.35 bits per heavy atom. The lowest BCUT2D eigenvalue weighted by molar-refractivity contribution is 0.118. The number of hydrogen-bond donors (Lipinski definition) is 0. The Kier molecular flexibility index (Phi) is 4.46. The third kappa shape index (κ3) is 3.71. The van der Waals surface area contributed by atoms with Crippen molar-refractivity contribution >= 4 is 11.8 Å². The lowest BCUT2D eigenvalue weighted by atomic mass is 10.1. The van der Waals surface area contributed by atoms with Gasteiger partial charge in [0.1, 0.15) is 6.17 Å². The zero-order chi connectivity index (χ0) is 12.3. The van der Waals surface area contributed by atoms with E-state index in [4.69, 9.17) is 4.74 Å². The molecule has 17 heavy (non-hydrogen) atoms. The van der Waals surface area contributed by atoms with E-state index in [0.29, 0.717) is 24.9 Å². The molecule has 1 nitrogen and oxygen atoms in total. The molecule has 2 unspecified atom stereocenters. The average Bonchev–Trinajstić information content (AvgIpc) is 2.61. The minimum atomic E-state index is -0.659. The van der Waals surface area contributed by atoms with Gasteiger partial charge in [-0.3, -0.25) is 0 Å². The van der Waals surface area contributed by atoms with E-state index in [2.05, 4.69) is 31.2 Å². The van der Waals surface area contributed by atoms with Crippen LogP contribution in [0.3, 0.4) is 0 Å². The van der Waals surface area contributed by atoms with Crippen molar-refractivity contribution in [3.8, 4) is 0 Å². The molecule has 94 valence electrons. The van der Waals surface area contributed by atoms with Gasteiger partial charge in [-0.05, 0) is 18.9 Å². The third-order valence-electron chi connectivity index (χ3n) is 3.10. The summed E-state index contributed by atoms with van der Waals surface area (Å²) in [6.07, 6.45) is -0.0207. The van der Waals surface area contributed by atoms with Crippen LogP contribution in [-0.4, -0.2) is 23.3 Å². The molecule has 3 atom stereocenters. The maximum absolute atomic E-state index is 13.3. The van der Waals surface area contributed by atoms with E-state index < -0.39 is 6.17 Å². The zero-order valence-corrected chi connectivity index (χ0v) is 11.2. The first-order chi connectivity index (χ1) is 8.15. The van der Waals surface area contributed by atoms with Crippen LogP contribution in [0.15, 0.2) is 24.3 Å². The van der Waals surface area contributed by atoms with E-state index in [1.807, 2.05) is 6.92 Å². The van der Waals surface area contributed by atoms with Gasteiger partial charge in [0.15, 0.2) is 0 Å². The molecule has 0 amide bonds. The Hall–Kier alpha value is -0.540. The number of alkyl halides is 1.